The van der Waals surface area contributed by atoms with Crippen LogP contribution in [0.3, 0.4) is 0 Å². The normalized spacial score (nSPS) is 12.4. The standard InChI is InChI=1S/C14H14BrClN2/c1-10(11-4-6-17-7-5-11)18-9-12-2-3-13(16)8-14(12)15/h2-8,10,18H,9H2,1H3. The lowest BCUT2D eigenvalue weighted by molar-refractivity contribution is 0.573. The fourth-order valence-corrected chi connectivity index (χ4v) is 2.52. The predicted octanol–water partition coefficient (Wildman–Crippen LogP) is 4.35. The van der Waals surface area contributed by atoms with Gasteiger partial charge in [0.25, 0.3) is 0 Å². The summed E-state index contributed by atoms with van der Waals surface area (Å²) < 4.78 is 1.03. The van der Waals surface area contributed by atoms with Gasteiger partial charge < -0.3 is 5.32 Å². The van der Waals surface area contributed by atoms with E-state index in [0.29, 0.717) is 0 Å². The lowest BCUT2D eigenvalue weighted by atomic mass is 10.1. The molecule has 0 radical (unpaired) electrons. The molecule has 0 spiro atoms. The molecular formula is C14H14BrClN2. The summed E-state index contributed by atoms with van der Waals surface area (Å²) in [5.74, 6) is 0. The topological polar surface area (TPSA) is 24.9 Å². The van der Waals surface area contributed by atoms with E-state index in [1.807, 2.05) is 42.7 Å². The van der Waals surface area contributed by atoms with Gasteiger partial charge in [0.15, 0.2) is 0 Å². The molecule has 0 aliphatic carbocycles. The van der Waals surface area contributed by atoms with Crippen molar-refractivity contribution in [2.45, 2.75) is 19.5 Å². The number of hydrogen-bond donors (Lipinski definition) is 1. The Balaban J connectivity index is 1.99. The molecule has 2 aromatic rings. The van der Waals surface area contributed by atoms with E-state index in [2.05, 4.69) is 33.2 Å². The summed E-state index contributed by atoms with van der Waals surface area (Å²) >= 11 is 9.44. The number of pyridine rings is 1. The van der Waals surface area contributed by atoms with Crippen LogP contribution in [-0.4, -0.2) is 4.98 Å². The summed E-state index contributed by atoms with van der Waals surface area (Å²) in [5, 5.41) is 4.22. The molecule has 2 nitrogen and oxygen atoms in total. The maximum atomic E-state index is 5.92. The van der Waals surface area contributed by atoms with E-state index in [4.69, 9.17) is 11.6 Å². The molecule has 1 aromatic carbocycles. The summed E-state index contributed by atoms with van der Waals surface area (Å²) in [7, 11) is 0. The van der Waals surface area contributed by atoms with E-state index in [9.17, 15) is 0 Å². The molecule has 0 saturated heterocycles. The van der Waals surface area contributed by atoms with Gasteiger partial charge in [0.2, 0.25) is 0 Å². The lowest BCUT2D eigenvalue weighted by Gasteiger charge is -2.14. The maximum Gasteiger partial charge on any atom is 0.0417 e. The Morgan fingerprint density at radius 2 is 2.00 bits per heavy atom. The minimum atomic E-state index is 0.288. The van der Waals surface area contributed by atoms with Crippen molar-refractivity contribution in [3.63, 3.8) is 0 Å². The molecule has 0 saturated carbocycles. The molecule has 0 aliphatic rings. The van der Waals surface area contributed by atoms with E-state index in [1.165, 1.54) is 11.1 Å². The molecule has 1 unspecified atom stereocenters. The van der Waals surface area contributed by atoms with Crippen molar-refractivity contribution in [3.05, 3.63) is 63.3 Å². The first kappa shape index (κ1) is 13.5. The largest absolute Gasteiger partial charge is 0.306 e. The van der Waals surface area contributed by atoms with Crippen LogP contribution in [0.5, 0.6) is 0 Å². The quantitative estimate of drug-likeness (QED) is 0.904. The fourth-order valence-electron chi connectivity index (χ4n) is 1.70. The first-order valence-corrected chi connectivity index (χ1v) is 6.91. The molecule has 0 amide bonds. The smallest absolute Gasteiger partial charge is 0.0417 e. The second-order valence-corrected chi connectivity index (χ2v) is 5.41. The van der Waals surface area contributed by atoms with Crippen molar-refractivity contribution in [2.24, 2.45) is 0 Å². The van der Waals surface area contributed by atoms with Gasteiger partial charge >= 0.3 is 0 Å². The third-order valence-electron chi connectivity index (χ3n) is 2.82. The number of nitrogens with zero attached hydrogens (tertiary/aromatic N) is 1. The van der Waals surface area contributed by atoms with Crippen LogP contribution < -0.4 is 5.32 Å². The van der Waals surface area contributed by atoms with Gasteiger partial charge in [-0.25, -0.2) is 0 Å². The number of aromatic nitrogens is 1. The van der Waals surface area contributed by atoms with Gasteiger partial charge in [-0.1, -0.05) is 33.6 Å². The summed E-state index contributed by atoms with van der Waals surface area (Å²) in [5.41, 5.74) is 2.43. The molecule has 18 heavy (non-hydrogen) atoms. The number of nitrogens with one attached hydrogen (secondary N) is 1. The lowest BCUT2D eigenvalue weighted by Crippen LogP contribution is -2.18. The second kappa shape index (κ2) is 6.32. The molecule has 1 aromatic heterocycles. The summed E-state index contributed by atoms with van der Waals surface area (Å²) in [6.45, 7) is 2.93. The van der Waals surface area contributed by atoms with Crippen LogP contribution in [0.2, 0.25) is 5.02 Å². The van der Waals surface area contributed by atoms with Crippen LogP contribution in [0, 0.1) is 0 Å². The fraction of sp³-hybridized carbons (Fsp3) is 0.214. The van der Waals surface area contributed by atoms with Crippen LogP contribution in [-0.2, 0) is 6.54 Å². The van der Waals surface area contributed by atoms with Gasteiger partial charge in [-0.2, -0.15) is 0 Å². The number of halogens is 2. The van der Waals surface area contributed by atoms with Gasteiger partial charge in [-0.15, -0.1) is 0 Å². The van der Waals surface area contributed by atoms with E-state index in [1.54, 1.807) is 0 Å². The van der Waals surface area contributed by atoms with Gasteiger partial charge in [0.05, 0.1) is 0 Å². The Morgan fingerprint density at radius 3 is 2.67 bits per heavy atom. The van der Waals surface area contributed by atoms with Crippen LogP contribution in [0.1, 0.15) is 24.1 Å². The Hall–Kier alpha value is -0.900. The van der Waals surface area contributed by atoms with E-state index >= 15 is 0 Å². The van der Waals surface area contributed by atoms with E-state index in [0.717, 1.165) is 16.0 Å². The SMILES string of the molecule is CC(NCc1ccc(Cl)cc1Br)c1ccncc1. The van der Waals surface area contributed by atoms with Gasteiger partial charge in [0.1, 0.15) is 0 Å². The van der Waals surface area contributed by atoms with Crippen molar-refractivity contribution in [1.29, 1.82) is 0 Å². The highest BCUT2D eigenvalue weighted by Gasteiger charge is 2.06. The van der Waals surface area contributed by atoms with Gasteiger partial charge in [-0.05, 0) is 42.3 Å². The predicted molar refractivity (Wildman–Crippen MR) is 78.6 cm³/mol. The Kier molecular flexibility index (Phi) is 4.75. The first-order valence-electron chi connectivity index (χ1n) is 5.74. The highest BCUT2D eigenvalue weighted by atomic mass is 79.9. The average molecular weight is 326 g/mol. The summed E-state index contributed by atoms with van der Waals surface area (Å²) in [6, 6.07) is 10.2. The van der Waals surface area contributed by atoms with E-state index < -0.39 is 0 Å². The van der Waals surface area contributed by atoms with Crippen LogP contribution in [0.15, 0.2) is 47.2 Å². The van der Waals surface area contributed by atoms with Gasteiger partial charge in [-0.3, -0.25) is 4.98 Å². The molecule has 0 aliphatic heterocycles. The van der Waals surface area contributed by atoms with Crippen molar-refractivity contribution < 1.29 is 0 Å². The minimum Gasteiger partial charge on any atom is -0.306 e. The molecule has 1 N–H and O–H groups in total. The molecule has 2 rings (SSSR count). The zero-order valence-corrected chi connectivity index (χ0v) is 12.4. The zero-order chi connectivity index (χ0) is 13.0. The molecule has 94 valence electrons. The van der Waals surface area contributed by atoms with Crippen molar-refractivity contribution >= 4 is 27.5 Å². The second-order valence-electron chi connectivity index (χ2n) is 4.12. The highest BCUT2D eigenvalue weighted by molar-refractivity contribution is 9.10. The van der Waals surface area contributed by atoms with Crippen LogP contribution >= 0.6 is 27.5 Å². The molecular weight excluding hydrogens is 312 g/mol. The van der Waals surface area contributed by atoms with Crippen LogP contribution in [0.25, 0.3) is 0 Å². The van der Waals surface area contributed by atoms with E-state index in [-0.39, 0.29) is 6.04 Å². The van der Waals surface area contributed by atoms with Crippen molar-refractivity contribution in [3.8, 4) is 0 Å². The summed E-state index contributed by atoms with van der Waals surface area (Å²) in [6.07, 6.45) is 3.62. The number of benzene rings is 1. The van der Waals surface area contributed by atoms with Gasteiger partial charge in [0, 0.05) is 34.5 Å². The Labute approximate surface area is 121 Å². The summed E-state index contributed by atoms with van der Waals surface area (Å²) in [4.78, 5) is 4.02. The highest BCUT2D eigenvalue weighted by Crippen LogP contribution is 2.22. The Morgan fingerprint density at radius 1 is 1.28 bits per heavy atom. The molecule has 1 atom stereocenters. The number of hydrogen-bond acceptors (Lipinski definition) is 2. The third-order valence-corrected chi connectivity index (χ3v) is 3.79. The average Bonchev–Trinajstić information content (AvgIpc) is 2.38. The molecule has 0 fully saturated rings. The minimum absolute atomic E-state index is 0.288. The molecule has 1 heterocycles. The molecule has 0 bridgehead atoms. The van der Waals surface area contributed by atoms with Crippen LogP contribution in [0.4, 0.5) is 0 Å². The maximum absolute atomic E-state index is 5.92. The zero-order valence-electron chi connectivity index (χ0n) is 10.0. The first-order chi connectivity index (χ1) is 8.66. The third kappa shape index (κ3) is 3.55. The number of rotatable bonds is 4. The van der Waals surface area contributed by atoms with Crippen molar-refractivity contribution in [2.75, 3.05) is 0 Å². The Bertz CT molecular complexity index is 516. The van der Waals surface area contributed by atoms with Crippen molar-refractivity contribution in [1.82, 2.24) is 10.3 Å². The molecule has 4 heteroatoms. The monoisotopic (exact) mass is 324 g/mol.